The summed E-state index contributed by atoms with van der Waals surface area (Å²) in [6.45, 7) is 13.3. The number of rotatable bonds is 10. The van der Waals surface area contributed by atoms with Gasteiger partial charge in [-0.05, 0) is 90.6 Å². The van der Waals surface area contributed by atoms with E-state index in [9.17, 15) is 34.2 Å². The molecule has 0 spiro atoms. The van der Waals surface area contributed by atoms with E-state index in [1.807, 2.05) is 52.0 Å². The Morgan fingerprint density at radius 3 is 2.50 bits per heavy atom. The summed E-state index contributed by atoms with van der Waals surface area (Å²) in [5, 5.41) is 28.3. The minimum absolute atomic E-state index is 0.0251. The Morgan fingerprint density at radius 1 is 1.05 bits per heavy atom. The van der Waals surface area contributed by atoms with E-state index < -0.39 is 46.9 Å². The molecular weight excluding hydrogens is 841 g/mol. The molecule has 0 unspecified atom stereocenters. The summed E-state index contributed by atoms with van der Waals surface area (Å²) >= 11 is 0. The first kappa shape index (κ1) is 48.2. The van der Waals surface area contributed by atoms with Crippen LogP contribution in [0.5, 0.6) is 5.75 Å². The van der Waals surface area contributed by atoms with Gasteiger partial charge in [-0.2, -0.15) is 5.43 Å². The number of carbonyl (C=O) groups excluding carboxylic acids is 5. The number of nitrogens with one attached hydrogen (secondary N) is 2. The van der Waals surface area contributed by atoms with Crippen LogP contribution in [0.2, 0.25) is 0 Å². The highest BCUT2D eigenvalue weighted by atomic mass is 16.6. The molecule has 3 aliphatic rings. The van der Waals surface area contributed by atoms with Crippen LogP contribution in [-0.2, 0) is 59.3 Å². The number of esters is 1. The Bertz CT molecular complexity index is 2500. The second kappa shape index (κ2) is 19.6. The molecule has 0 aliphatic carbocycles. The summed E-state index contributed by atoms with van der Waals surface area (Å²) in [5.74, 6) is -3.41. The second-order valence-electron chi connectivity index (χ2n) is 19.4. The number of phenols is 1. The highest BCUT2D eigenvalue weighted by Crippen LogP contribution is 2.42. The summed E-state index contributed by atoms with van der Waals surface area (Å²) in [5.41, 5.74) is 7.27. The zero-order valence-electron chi connectivity index (χ0n) is 39.6. The minimum atomic E-state index is -2.25. The lowest BCUT2D eigenvalue weighted by Gasteiger charge is -2.40. The average molecular weight is 907 g/mol. The van der Waals surface area contributed by atoms with Crippen LogP contribution in [0.3, 0.4) is 0 Å². The molecule has 3 aliphatic heterocycles. The molecular formula is C51H66N6O9. The van der Waals surface area contributed by atoms with E-state index in [2.05, 4.69) is 46.5 Å². The van der Waals surface area contributed by atoms with Crippen LogP contribution >= 0.6 is 0 Å². The number of likely N-dealkylation sites (tertiary alicyclic amines) is 1. The molecule has 66 heavy (non-hydrogen) atoms. The third kappa shape index (κ3) is 9.98. The third-order valence-electron chi connectivity index (χ3n) is 13.4. The molecule has 15 nitrogen and oxygen atoms in total. The molecule has 3 aromatic carbocycles. The molecule has 15 heteroatoms. The molecule has 2 fully saturated rings. The first-order valence-electron chi connectivity index (χ1n) is 23.2. The van der Waals surface area contributed by atoms with Crippen LogP contribution in [0.4, 0.5) is 0 Å². The lowest BCUT2D eigenvalue weighted by atomic mass is 9.83. The Labute approximate surface area is 387 Å². The number of aromatic hydroxyl groups is 1. The van der Waals surface area contributed by atoms with Gasteiger partial charge in [0, 0.05) is 82.0 Å². The maximum atomic E-state index is 14.7. The molecule has 0 radical (unpaired) electrons. The predicted octanol–water partition coefficient (Wildman–Crippen LogP) is 5.21. The predicted molar refractivity (Wildman–Crippen MR) is 251 cm³/mol. The minimum Gasteiger partial charge on any atom is -0.508 e. The van der Waals surface area contributed by atoms with E-state index in [1.165, 1.54) is 11.8 Å². The Balaban J connectivity index is 1.33. The summed E-state index contributed by atoms with van der Waals surface area (Å²) < 4.78 is 13.8. The number of ether oxygens (including phenoxy) is 2. The van der Waals surface area contributed by atoms with Crippen molar-refractivity contribution in [2.45, 2.75) is 104 Å². The molecule has 4 N–H and O–H groups in total. The van der Waals surface area contributed by atoms with Gasteiger partial charge in [-0.25, -0.2) is 4.79 Å². The molecule has 1 aromatic heterocycles. The Morgan fingerprint density at radius 2 is 1.80 bits per heavy atom. The summed E-state index contributed by atoms with van der Waals surface area (Å²) in [6.07, 6.45) is 1.82. The fourth-order valence-corrected chi connectivity index (χ4v) is 10.1. The van der Waals surface area contributed by atoms with Crippen molar-refractivity contribution in [3.8, 4) is 28.1 Å². The number of carbonyl (C=O) groups is 5. The molecule has 354 valence electrons. The molecule has 4 amide bonds. The number of hydrogen-bond donors (Lipinski definition) is 4. The van der Waals surface area contributed by atoms with Crippen molar-refractivity contribution < 1.29 is 43.7 Å². The number of fused-ring (bicyclic) bond motifs is 6. The number of hydrogen-bond acceptors (Lipinski definition) is 10. The number of methoxy groups -OCH3 is 1. The SMILES string of the molecule is CCn1c(-c2ccccc2CCOC)c2c3cc(ccc31)-c1cc(O)cc(c1)C[C@H](NC(=O)[C@H](C(C)C)N(C)C(=O)[C@H]1CCN(C(C)=O)C1)C(=O)N1CCC[C@@](O)(N1)C(=O)OCC(C)(C)C2. The van der Waals surface area contributed by atoms with Crippen molar-refractivity contribution in [3.63, 3.8) is 0 Å². The van der Waals surface area contributed by atoms with Crippen molar-refractivity contribution >= 4 is 40.5 Å². The van der Waals surface area contributed by atoms with Crippen molar-refractivity contribution in [2.24, 2.45) is 17.3 Å². The van der Waals surface area contributed by atoms with Crippen molar-refractivity contribution in [1.29, 1.82) is 0 Å². The van der Waals surface area contributed by atoms with Crippen molar-refractivity contribution in [1.82, 2.24) is 30.1 Å². The first-order valence-corrected chi connectivity index (χ1v) is 23.2. The van der Waals surface area contributed by atoms with Crippen LogP contribution in [0, 0.1) is 17.3 Å². The quantitative estimate of drug-likeness (QED) is 0.154. The molecule has 4 heterocycles. The highest BCUT2D eigenvalue weighted by molar-refractivity contribution is 5.96. The summed E-state index contributed by atoms with van der Waals surface area (Å²) in [4.78, 5) is 72.1. The second-order valence-corrected chi connectivity index (χ2v) is 19.4. The average Bonchev–Trinajstić information content (AvgIpc) is 3.89. The zero-order valence-corrected chi connectivity index (χ0v) is 39.6. The molecule has 4 aromatic rings. The summed E-state index contributed by atoms with van der Waals surface area (Å²) in [7, 11) is 3.26. The molecule has 6 bridgehead atoms. The Kier molecular flexibility index (Phi) is 14.3. The number of hydrazine groups is 1. The maximum Gasteiger partial charge on any atom is 0.355 e. The standard InChI is InChI=1S/C51H66N6O9/c1-9-56-43-16-15-35-27-40(43)41(45(56)39-14-11-10-13-34(39)18-22-65-8)28-50(5,6)30-66-49(63)51(64)19-12-20-57(53-51)48(62)42(25-33-23-37(35)26-38(59)24-33)52-46(60)44(31(2)3)54(7)47(61)36-17-21-55(29-36)32(4)58/h10-11,13-16,23-24,26-27,31,36,42,44,53,59,64H,9,12,17-22,25,28-30H2,1-8H3,(H,52,60)/t36-,42-,44-,51-/m0/s1. The fraction of sp³-hybridized carbons (Fsp3) is 0.510. The number of aliphatic hydroxyl groups is 1. The van der Waals surface area contributed by atoms with Gasteiger partial charge < -0.3 is 39.4 Å². The number of amides is 4. The van der Waals surface area contributed by atoms with Gasteiger partial charge in [0.25, 0.3) is 5.91 Å². The largest absolute Gasteiger partial charge is 0.508 e. The summed E-state index contributed by atoms with van der Waals surface area (Å²) in [6, 6.07) is 17.4. The monoisotopic (exact) mass is 906 g/mol. The normalized spacial score (nSPS) is 21.7. The van der Waals surface area contributed by atoms with Crippen LogP contribution in [0.25, 0.3) is 33.3 Å². The van der Waals surface area contributed by atoms with Gasteiger partial charge in [-0.3, -0.25) is 24.2 Å². The van der Waals surface area contributed by atoms with Crippen LogP contribution in [-0.4, -0.2) is 124 Å². The van der Waals surface area contributed by atoms with Gasteiger partial charge in [-0.1, -0.05) is 64.1 Å². The molecule has 4 atom stereocenters. The number of cyclic esters (lactones) is 1. The number of nitrogens with zero attached hydrogens (tertiary/aromatic N) is 4. The fourth-order valence-electron chi connectivity index (χ4n) is 10.1. The number of aromatic nitrogens is 1. The van der Waals surface area contributed by atoms with E-state index >= 15 is 0 Å². The number of likely N-dealkylation sites (N-methyl/N-ethyl adjacent to an activating group) is 1. The van der Waals surface area contributed by atoms with Gasteiger partial charge >= 0.3 is 5.97 Å². The van der Waals surface area contributed by atoms with Crippen molar-refractivity contribution in [3.05, 3.63) is 77.4 Å². The number of phenolic OH excluding ortho intramolecular Hbond substituents is 1. The van der Waals surface area contributed by atoms with Gasteiger partial charge in [0.15, 0.2) is 0 Å². The van der Waals surface area contributed by atoms with Gasteiger partial charge in [0.2, 0.25) is 23.4 Å². The zero-order chi connectivity index (χ0) is 47.7. The van der Waals surface area contributed by atoms with Crippen molar-refractivity contribution in [2.75, 3.05) is 47.0 Å². The van der Waals surface area contributed by atoms with E-state index in [0.29, 0.717) is 50.1 Å². The Hall–Kier alpha value is -5.77. The van der Waals surface area contributed by atoms with E-state index in [1.54, 1.807) is 31.2 Å². The van der Waals surface area contributed by atoms with E-state index in [-0.39, 0.29) is 62.4 Å². The first-order chi connectivity index (χ1) is 31.3. The molecule has 2 saturated heterocycles. The molecule has 7 rings (SSSR count). The lowest BCUT2D eigenvalue weighted by Crippen LogP contribution is -2.67. The van der Waals surface area contributed by atoms with Gasteiger partial charge in [0.1, 0.15) is 17.8 Å². The highest BCUT2D eigenvalue weighted by Gasteiger charge is 2.46. The topological polar surface area (TPSA) is 183 Å². The van der Waals surface area contributed by atoms with Gasteiger partial charge in [-0.15, -0.1) is 0 Å². The maximum absolute atomic E-state index is 14.7. The van der Waals surface area contributed by atoms with Gasteiger partial charge in [0.05, 0.1) is 24.8 Å². The van der Waals surface area contributed by atoms with Crippen LogP contribution in [0.15, 0.2) is 60.7 Å². The number of benzene rings is 3. The molecule has 0 saturated carbocycles. The number of aryl methyl sites for hydroxylation is 1. The lowest BCUT2D eigenvalue weighted by molar-refractivity contribution is -0.189. The van der Waals surface area contributed by atoms with Crippen LogP contribution in [0.1, 0.15) is 77.5 Å². The third-order valence-corrected chi connectivity index (χ3v) is 13.4. The van der Waals surface area contributed by atoms with Crippen LogP contribution < -0.4 is 10.7 Å². The smallest absolute Gasteiger partial charge is 0.355 e. The van der Waals surface area contributed by atoms with E-state index in [4.69, 9.17) is 9.47 Å². The van der Waals surface area contributed by atoms with E-state index in [0.717, 1.165) is 43.9 Å².